The average molecular weight is 573 g/mol. The molecule has 0 saturated heterocycles. The van der Waals surface area contributed by atoms with E-state index in [9.17, 15) is 59.4 Å². The number of carbonyl (C=O) groups is 6. The van der Waals surface area contributed by atoms with Crippen molar-refractivity contribution in [3.8, 4) is 0 Å². The Bertz CT molecular complexity index is 617. The molecule has 21 nitrogen and oxygen atoms in total. The van der Waals surface area contributed by atoms with Gasteiger partial charge in [-0.15, -0.1) is 0 Å². The van der Waals surface area contributed by atoms with Crippen LogP contribution in [0.3, 0.4) is 0 Å². The molecule has 0 aromatic carbocycles. The molecule has 200 valence electrons. The molecule has 0 radical (unpaired) electrons. The molecule has 0 rings (SSSR count). The maximum Gasteiger partial charge on any atom is 2.00 e. The summed E-state index contributed by atoms with van der Waals surface area (Å²) in [4.78, 5) is 60.3. The van der Waals surface area contributed by atoms with Crippen LogP contribution >= 0.6 is 0 Å². The maximum atomic E-state index is 10.2. The number of carboxylic acid groups (broad SMARTS) is 6. The largest absolute Gasteiger partial charge is 2.00 e. The van der Waals surface area contributed by atoms with Crippen LogP contribution in [0.25, 0.3) is 0 Å². The summed E-state index contributed by atoms with van der Waals surface area (Å²) in [6, 6.07) is 0. The monoisotopic (exact) mass is 572 g/mol. The second-order valence-electron chi connectivity index (χ2n) is 4.96. The first-order valence-corrected chi connectivity index (χ1v) is 6.48. The smallest absolute Gasteiger partial charge is 0.550 e. The van der Waals surface area contributed by atoms with Crippen LogP contribution in [-0.2, 0) is 28.8 Å². The molecule has 4 atom stereocenters. The van der Waals surface area contributed by atoms with Crippen LogP contribution < -0.4 is 30.6 Å². The first kappa shape index (κ1) is 64.6. The van der Waals surface area contributed by atoms with Gasteiger partial charge in [0.1, 0.15) is 23.4 Å². The number of aliphatic hydroxyl groups is 4. The molecule has 0 aliphatic heterocycles. The van der Waals surface area contributed by atoms with Crippen molar-refractivity contribution >= 4 is 105 Å². The first-order valence-electron chi connectivity index (χ1n) is 6.48. The molecule has 0 saturated carbocycles. The zero-order valence-corrected chi connectivity index (χ0v) is 22.1. The standard InChI is InChI=1S/2C6H8O8.3Mg.5H2O/c2*7-2(8)1-6(14,5(12)13)3(9)4(10)11;;;;;;;;/h2*3,9,14H,1H2,(H,7,8)(H,10,11)(H,12,13);;;;5*1H2/q;;3*+2;;;;;/p-6. The molecular weight excluding hydrogens is 553 g/mol. The second-order valence-corrected chi connectivity index (χ2v) is 4.96. The Hall–Kier alpha value is -1.24. The third-order valence-electron chi connectivity index (χ3n) is 2.89. The molecule has 24 heteroatoms. The topological polar surface area (TPSA) is 479 Å². The maximum absolute atomic E-state index is 10.2. The van der Waals surface area contributed by atoms with Gasteiger partial charge in [0, 0.05) is 24.8 Å². The molecule has 0 bridgehead atoms. The normalized spacial score (nSPS) is 13.0. The van der Waals surface area contributed by atoms with Gasteiger partial charge in [0.2, 0.25) is 0 Å². The summed E-state index contributed by atoms with van der Waals surface area (Å²) < 4.78 is 0. The third-order valence-corrected chi connectivity index (χ3v) is 2.89. The SMILES string of the molecule is O.O.O.O.O.O=C([O-])CC(O)(C(=O)[O-])C(O)C(=O)[O-].O=C([O-])CC(O)(C(=O)[O-])C(O)C(=O)[O-].[Mg+2].[Mg+2].[Mg+2]. The van der Waals surface area contributed by atoms with E-state index in [1.807, 2.05) is 0 Å². The van der Waals surface area contributed by atoms with Gasteiger partial charge < -0.3 is 107 Å². The second kappa shape index (κ2) is 26.8. The van der Waals surface area contributed by atoms with Crippen LogP contribution in [0, 0.1) is 0 Å². The van der Waals surface area contributed by atoms with Gasteiger partial charge in [-0.1, -0.05) is 0 Å². The van der Waals surface area contributed by atoms with E-state index in [1.54, 1.807) is 0 Å². The Morgan fingerprint density at radius 3 is 0.778 bits per heavy atom. The van der Waals surface area contributed by atoms with Crippen LogP contribution in [0.15, 0.2) is 0 Å². The van der Waals surface area contributed by atoms with Gasteiger partial charge in [-0.05, 0) is 0 Å². The van der Waals surface area contributed by atoms with Crippen molar-refractivity contribution in [1.29, 1.82) is 0 Å². The van der Waals surface area contributed by atoms with Gasteiger partial charge in [-0.3, -0.25) is 0 Å². The molecule has 0 aromatic heterocycles. The number of hydrogen-bond acceptors (Lipinski definition) is 16. The van der Waals surface area contributed by atoms with Crippen LogP contribution in [0.4, 0.5) is 0 Å². The van der Waals surface area contributed by atoms with Gasteiger partial charge in [0.05, 0.1) is 23.9 Å². The van der Waals surface area contributed by atoms with E-state index >= 15 is 0 Å². The van der Waals surface area contributed by atoms with Gasteiger partial charge >= 0.3 is 69.2 Å². The van der Waals surface area contributed by atoms with Crippen LogP contribution in [0.1, 0.15) is 12.8 Å². The summed E-state index contributed by atoms with van der Waals surface area (Å²) in [5, 5.41) is 95.5. The Morgan fingerprint density at radius 2 is 0.694 bits per heavy atom. The van der Waals surface area contributed by atoms with Crippen LogP contribution in [0.5, 0.6) is 0 Å². The molecule has 0 aromatic rings. The number of aliphatic hydroxyl groups excluding tert-OH is 2. The van der Waals surface area contributed by atoms with Gasteiger partial charge in [0.25, 0.3) is 0 Å². The number of rotatable bonds is 10. The minimum Gasteiger partial charge on any atom is -0.550 e. The number of carboxylic acids is 6. The van der Waals surface area contributed by atoms with Crippen molar-refractivity contribution in [2.45, 2.75) is 36.3 Å². The van der Waals surface area contributed by atoms with E-state index in [-0.39, 0.29) is 96.5 Å². The summed E-state index contributed by atoms with van der Waals surface area (Å²) in [5.41, 5.74) is -6.92. The van der Waals surface area contributed by atoms with E-state index in [0.717, 1.165) is 0 Å². The van der Waals surface area contributed by atoms with Gasteiger partial charge in [-0.2, -0.15) is 0 Å². The fourth-order valence-corrected chi connectivity index (χ4v) is 1.39. The summed E-state index contributed by atoms with van der Waals surface area (Å²) in [6.45, 7) is 0. The Labute approximate surface area is 247 Å². The van der Waals surface area contributed by atoms with E-state index in [1.165, 1.54) is 0 Å². The predicted octanol–water partition coefficient (Wildman–Crippen LogP) is -17.8. The molecule has 0 aliphatic rings. The number of hydrogen-bond donors (Lipinski definition) is 4. The molecule has 36 heavy (non-hydrogen) atoms. The molecule has 0 aliphatic carbocycles. The summed E-state index contributed by atoms with van der Waals surface area (Å²) >= 11 is 0. The summed E-state index contributed by atoms with van der Waals surface area (Å²) in [6.07, 6.45) is -9.06. The van der Waals surface area contributed by atoms with Crippen molar-refractivity contribution in [1.82, 2.24) is 0 Å². The molecular formula is C12H20Mg3O21. The van der Waals surface area contributed by atoms with Crippen LogP contribution in [0.2, 0.25) is 0 Å². The molecule has 14 N–H and O–H groups in total. The minimum atomic E-state index is -3.46. The Morgan fingerprint density at radius 1 is 0.528 bits per heavy atom. The summed E-state index contributed by atoms with van der Waals surface area (Å²) in [5.74, 6) is -13.7. The van der Waals surface area contributed by atoms with Gasteiger partial charge in [0.15, 0.2) is 0 Å². The van der Waals surface area contributed by atoms with Crippen molar-refractivity contribution in [2.24, 2.45) is 0 Å². The van der Waals surface area contributed by atoms with Crippen molar-refractivity contribution in [3.63, 3.8) is 0 Å². The molecule has 0 heterocycles. The quantitative estimate of drug-likeness (QED) is 0.176. The number of aliphatic carboxylic acids is 6. The van der Waals surface area contributed by atoms with Gasteiger partial charge in [-0.25, -0.2) is 0 Å². The van der Waals surface area contributed by atoms with Crippen molar-refractivity contribution in [2.75, 3.05) is 0 Å². The van der Waals surface area contributed by atoms with E-state index in [4.69, 9.17) is 20.4 Å². The molecule has 0 spiro atoms. The number of carbonyl (C=O) groups excluding carboxylic acids is 6. The zero-order valence-electron chi connectivity index (χ0n) is 17.9. The fraction of sp³-hybridized carbons (Fsp3) is 0.500. The van der Waals surface area contributed by atoms with E-state index < -0.39 is 72.1 Å². The fourth-order valence-electron chi connectivity index (χ4n) is 1.39. The third kappa shape index (κ3) is 19.9. The zero-order chi connectivity index (χ0) is 23.0. The Kier molecular flexibility index (Phi) is 48.1. The molecule has 4 unspecified atom stereocenters. The Balaban J connectivity index is -0.0000000384. The molecule has 0 fully saturated rings. The molecule has 0 amide bonds. The van der Waals surface area contributed by atoms with Crippen molar-refractivity contribution in [3.05, 3.63) is 0 Å². The van der Waals surface area contributed by atoms with E-state index in [0.29, 0.717) is 0 Å². The van der Waals surface area contributed by atoms with Crippen molar-refractivity contribution < 1.29 is 107 Å². The van der Waals surface area contributed by atoms with Crippen LogP contribution in [-0.4, -0.2) is 176 Å². The summed E-state index contributed by atoms with van der Waals surface area (Å²) in [7, 11) is 0. The van der Waals surface area contributed by atoms with E-state index in [2.05, 4.69) is 0 Å². The predicted molar refractivity (Wildman–Crippen MR) is 96.5 cm³/mol. The average Bonchev–Trinajstić information content (AvgIpc) is 2.51. The first-order chi connectivity index (χ1) is 12.4. The minimum absolute atomic E-state index is 0.